The Labute approximate surface area is 97.1 Å². The minimum absolute atomic E-state index is 0.0798. The standard InChI is InChI=1S/C13H19NO2/c1-13(2,3)16-12(15)11-6-4-5-10(9-14)7-8-11/h6,10H,4-5,7-8H2,1-3H3. The molecule has 3 heteroatoms. The second kappa shape index (κ2) is 5.16. The predicted octanol–water partition coefficient (Wildman–Crippen LogP) is 2.97. The SMILES string of the molecule is CC(C)(C)OC(=O)C1=CCCC(C#N)CC1. The van der Waals surface area contributed by atoms with Crippen molar-refractivity contribution in [3.8, 4) is 6.07 Å². The van der Waals surface area contributed by atoms with Crippen molar-refractivity contribution in [1.29, 1.82) is 5.26 Å². The van der Waals surface area contributed by atoms with Gasteiger partial charge in [0, 0.05) is 11.5 Å². The maximum Gasteiger partial charge on any atom is 0.334 e. The van der Waals surface area contributed by atoms with Crippen LogP contribution in [-0.2, 0) is 9.53 Å². The number of hydrogen-bond acceptors (Lipinski definition) is 3. The molecule has 0 heterocycles. The van der Waals surface area contributed by atoms with Crippen molar-refractivity contribution >= 4 is 5.97 Å². The number of esters is 1. The van der Waals surface area contributed by atoms with E-state index in [0.29, 0.717) is 6.42 Å². The number of ether oxygens (including phenoxy) is 1. The lowest BCUT2D eigenvalue weighted by atomic mass is 10.0. The average molecular weight is 221 g/mol. The first-order valence-electron chi connectivity index (χ1n) is 5.74. The number of carbonyl (C=O) groups is 1. The van der Waals surface area contributed by atoms with Crippen LogP contribution in [0.5, 0.6) is 0 Å². The van der Waals surface area contributed by atoms with Crippen LogP contribution in [0.15, 0.2) is 11.6 Å². The van der Waals surface area contributed by atoms with Crippen molar-refractivity contribution in [2.75, 3.05) is 0 Å². The maximum atomic E-state index is 11.8. The quantitative estimate of drug-likeness (QED) is 0.639. The van der Waals surface area contributed by atoms with Gasteiger partial charge in [-0.25, -0.2) is 4.79 Å². The molecule has 0 spiro atoms. The average Bonchev–Trinajstić information content (AvgIpc) is 2.39. The second-order valence-electron chi connectivity index (χ2n) is 5.17. The van der Waals surface area contributed by atoms with Crippen LogP contribution in [0, 0.1) is 17.2 Å². The van der Waals surface area contributed by atoms with Crippen molar-refractivity contribution in [3.63, 3.8) is 0 Å². The third-order valence-electron chi connectivity index (χ3n) is 2.51. The summed E-state index contributed by atoms with van der Waals surface area (Å²) in [6.07, 6.45) is 5.00. The lowest BCUT2D eigenvalue weighted by Gasteiger charge is -2.20. The van der Waals surface area contributed by atoms with Gasteiger partial charge < -0.3 is 4.74 Å². The van der Waals surface area contributed by atoms with E-state index in [1.54, 1.807) is 0 Å². The van der Waals surface area contributed by atoms with Gasteiger partial charge in [-0.3, -0.25) is 0 Å². The van der Waals surface area contributed by atoms with Crippen LogP contribution >= 0.6 is 0 Å². The summed E-state index contributed by atoms with van der Waals surface area (Å²) in [4.78, 5) is 11.8. The van der Waals surface area contributed by atoms with Crippen LogP contribution in [-0.4, -0.2) is 11.6 Å². The third-order valence-corrected chi connectivity index (χ3v) is 2.51. The fourth-order valence-electron chi connectivity index (χ4n) is 1.69. The molecule has 0 saturated carbocycles. The van der Waals surface area contributed by atoms with Gasteiger partial charge in [0.2, 0.25) is 0 Å². The Morgan fingerprint density at radius 2 is 2.19 bits per heavy atom. The summed E-state index contributed by atoms with van der Waals surface area (Å²) in [6.45, 7) is 5.58. The van der Waals surface area contributed by atoms with Crippen molar-refractivity contribution in [3.05, 3.63) is 11.6 Å². The fraction of sp³-hybridized carbons (Fsp3) is 0.692. The number of hydrogen-bond donors (Lipinski definition) is 0. The molecule has 1 aliphatic carbocycles. The topological polar surface area (TPSA) is 50.1 Å². The van der Waals surface area contributed by atoms with E-state index < -0.39 is 5.60 Å². The van der Waals surface area contributed by atoms with E-state index in [0.717, 1.165) is 24.8 Å². The largest absolute Gasteiger partial charge is 0.457 e. The zero-order valence-corrected chi connectivity index (χ0v) is 10.2. The Kier molecular flexibility index (Phi) is 4.12. The Morgan fingerprint density at radius 3 is 2.75 bits per heavy atom. The molecule has 0 aromatic heterocycles. The molecule has 0 saturated heterocycles. The molecule has 1 aliphatic rings. The van der Waals surface area contributed by atoms with Gasteiger partial charge in [-0.05, 0) is 46.5 Å². The lowest BCUT2D eigenvalue weighted by molar-refractivity contribution is -0.150. The Bertz CT molecular complexity index is 331. The van der Waals surface area contributed by atoms with Crippen LogP contribution in [0.25, 0.3) is 0 Å². The minimum atomic E-state index is -0.446. The highest BCUT2D eigenvalue weighted by atomic mass is 16.6. The molecule has 0 aromatic carbocycles. The molecule has 1 atom stereocenters. The highest BCUT2D eigenvalue weighted by Crippen LogP contribution is 2.24. The van der Waals surface area contributed by atoms with Crippen LogP contribution in [0.4, 0.5) is 0 Å². The van der Waals surface area contributed by atoms with E-state index >= 15 is 0 Å². The summed E-state index contributed by atoms with van der Waals surface area (Å²) < 4.78 is 5.31. The van der Waals surface area contributed by atoms with Crippen molar-refractivity contribution in [2.24, 2.45) is 5.92 Å². The molecule has 0 aliphatic heterocycles. The highest BCUT2D eigenvalue weighted by molar-refractivity contribution is 5.88. The van der Waals surface area contributed by atoms with Gasteiger partial charge in [0.05, 0.1) is 6.07 Å². The molecule has 1 unspecified atom stereocenters. The van der Waals surface area contributed by atoms with E-state index in [2.05, 4.69) is 6.07 Å². The first-order chi connectivity index (χ1) is 7.42. The molecular weight excluding hydrogens is 202 g/mol. The highest BCUT2D eigenvalue weighted by Gasteiger charge is 2.22. The number of allylic oxidation sites excluding steroid dienone is 1. The van der Waals surface area contributed by atoms with Crippen LogP contribution < -0.4 is 0 Å². The smallest absolute Gasteiger partial charge is 0.334 e. The summed E-state index contributed by atoms with van der Waals surface area (Å²) in [5, 5.41) is 8.84. The molecule has 16 heavy (non-hydrogen) atoms. The Morgan fingerprint density at radius 1 is 1.50 bits per heavy atom. The maximum absolute atomic E-state index is 11.8. The molecule has 0 aromatic rings. The van der Waals surface area contributed by atoms with E-state index in [-0.39, 0.29) is 11.9 Å². The number of nitrogens with zero attached hydrogens (tertiary/aromatic N) is 1. The molecule has 88 valence electrons. The summed E-state index contributed by atoms with van der Waals surface area (Å²) in [5.74, 6) is -0.151. The van der Waals surface area contributed by atoms with E-state index in [1.165, 1.54) is 0 Å². The number of rotatable bonds is 1. The molecule has 0 bridgehead atoms. The Balaban J connectivity index is 2.58. The van der Waals surface area contributed by atoms with Gasteiger partial charge in [0.15, 0.2) is 0 Å². The van der Waals surface area contributed by atoms with Gasteiger partial charge >= 0.3 is 5.97 Å². The molecule has 0 N–H and O–H groups in total. The summed E-state index contributed by atoms with van der Waals surface area (Å²) >= 11 is 0. The zero-order chi connectivity index (χ0) is 12.2. The first kappa shape index (κ1) is 12.8. The monoisotopic (exact) mass is 221 g/mol. The summed E-state index contributed by atoms with van der Waals surface area (Å²) in [7, 11) is 0. The van der Waals surface area contributed by atoms with Gasteiger partial charge in [0.25, 0.3) is 0 Å². The van der Waals surface area contributed by atoms with Crippen LogP contribution in [0.1, 0.15) is 46.5 Å². The molecular formula is C13H19NO2. The number of nitriles is 1. The molecule has 0 amide bonds. The molecule has 3 nitrogen and oxygen atoms in total. The third kappa shape index (κ3) is 4.06. The van der Waals surface area contributed by atoms with E-state index in [4.69, 9.17) is 10.00 Å². The van der Waals surface area contributed by atoms with Gasteiger partial charge in [-0.2, -0.15) is 5.26 Å². The van der Waals surface area contributed by atoms with E-state index in [9.17, 15) is 4.79 Å². The summed E-state index contributed by atoms with van der Waals surface area (Å²) in [6, 6.07) is 2.27. The Hall–Kier alpha value is -1.30. The molecule has 0 fully saturated rings. The molecule has 1 rings (SSSR count). The second-order valence-corrected chi connectivity index (χ2v) is 5.17. The normalized spacial score (nSPS) is 21.6. The van der Waals surface area contributed by atoms with Crippen LogP contribution in [0.2, 0.25) is 0 Å². The first-order valence-corrected chi connectivity index (χ1v) is 5.74. The fourth-order valence-corrected chi connectivity index (χ4v) is 1.69. The summed E-state index contributed by atoms with van der Waals surface area (Å²) in [5.41, 5.74) is 0.284. The van der Waals surface area contributed by atoms with Crippen LogP contribution in [0.3, 0.4) is 0 Å². The predicted molar refractivity (Wildman–Crippen MR) is 61.5 cm³/mol. The number of carbonyl (C=O) groups excluding carboxylic acids is 1. The zero-order valence-electron chi connectivity index (χ0n) is 10.2. The van der Waals surface area contributed by atoms with Crippen molar-refractivity contribution in [1.82, 2.24) is 0 Å². The lowest BCUT2D eigenvalue weighted by Crippen LogP contribution is -2.24. The van der Waals surface area contributed by atoms with Gasteiger partial charge in [-0.1, -0.05) is 6.08 Å². The van der Waals surface area contributed by atoms with Gasteiger partial charge in [-0.15, -0.1) is 0 Å². The van der Waals surface area contributed by atoms with Crippen molar-refractivity contribution in [2.45, 2.75) is 52.1 Å². The van der Waals surface area contributed by atoms with Crippen molar-refractivity contribution < 1.29 is 9.53 Å². The van der Waals surface area contributed by atoms with E-state index in [1.807, 2.05) is 26.8 Å². The molecule has 0 radical (unpaired) electrons. The minimum Gasteiger partial charge on any atom is -0.457 e. The van der Waals surface area contributed by atoms with Gasteiger partial charge in [0.1, 0.15) is 5.60 Å².